The largest absolute Gasteiger partial charge is 0.308 e. The van der Waals surface area contributed by atoms with Crippen LogP contribution in [0.5, 0.6) is 0 Å². The zero-order valence-electron chi connectivity index (χ0n) is 12.7. The molecular formula is C17H28N2. The van der Waals surface area contributed by atoms with Gasteiger partial charge in [-0.3, -0.25) is 4.98 Å². The third kappa shape index (κ3) is 4.31. The predicted molar refractivity (Wildman–Crippen MR) is 81.1 cm³/mol. The van der Waals surface area contributed by atoms with Gasteiger partial charge in [0.05, 0.1) is 5.69 Å². The fourth-order valence-corrected chi connectivity index (χ4v) is 3.06. The maximum atomic E-state index is 4.52. The molecule has 2 nitrogen and oxygen atoms in total. The molecule has 0 spiro atoms. The lowest BCUT2D eigenvalue weighted by Gasteiger charge is -2.22. The van der Waals surface area contributed by atoms with Gasteiger partial charge in [0.25, 0.3) is 0 Å². The average molecular weight is 260 g/mol. The SMILES string of the molecule is CCc1cccnc1CNC1CCCC(C)(C)CC1. The molecule has 1 N–H and O–H groups in total. The van der Waals surface area contributed by atoms with Gasteiger partial charge in [-0.25, -0.2) is 0 Å². The Morgan fingerprint density at radius 2 is 2.16 bits per heavy atom. The normalized spacial score (nSPS) is 23.0. The summed E-state index contributed by atoms with van der Waals surface area (Å²) in [5.41, 5.74) is 3.15. The van der Waals surface area contributed by atoms with E-state index in [0.717, 1.165) is 13.0 Å². The number of pyridine rings is 1. The maximum Gasteiger partial charge on any atom is 0.0573 e. The van der Waals surface area contributed by atoms with Crippen molar-refractivity contribution in [1.82, 2.24) is 10.3 Å². The number of nitrogens with one attached hydrogen (secondary N) is 1. The molecule has 1 fully saturated rings. The molecule has 1 aromatic heterocycles. The van der Waals surface area contributed by atoms with Crippen LogP contribution in [0, 0.1) is 5.41 Å². The Bertz CT molecular complexity index is 398. The van der Waals surface area contributed by atoms with Gasteiger partial charge in [0.15, 0.2) is 0 Å². The van der Waals surface area contributed by atoms with E-state index in [2.05, 4.69) is 37.1 Å². The molecule has 0 aliphatic heterocycles. The fourth-order valence-electron chi connectivity index (χ4n) is 3.06. The monoisotopic (exact) mass is 260 g/mol. The average Bonchev–Trinajstić information content (AvgIpc) is 2.58. The quantitative estimate of drug-likeness (QED) is 0.825. The van der Waals surface area contributed by atoms with Crippen molar-refractivity contribution < 1.29 is 0 Å². The Morgan fingerprint density at radius 3 is 2.95 bits per heavy atom. The van der Waals surface area contributed by atoms with Crippen molar-refractivity contribution in [3.63, 3.8) is 0 Å². The molecule has 1 saturated carbocycles. The van der Waals surface area contributed by atoms with Crippen LogP contribution in [-0.2, 0) is 13.0 Å². The van der Waals surface area contributed by atoms with Gasteiger partial charge < -0.3 is 5.32 Å². The topological polar surface area (TPSA) is 24.9 Å². The molecule has 0 amide bonds. The summed E-state index contributed by atoms with van der Waals surface area (Å²) >= 11 is 0. The minimum atomic E-state index is 0.538. The second-order valence-electron chi connectivity index (χ2n) is 6.64. The molecule has 0 radical (unpaired) electrons. The van der Waals surface area contributed by atoms with Crippen LogP contribution in [0.3, 0.4) is 0 Å². The lowest BCUT2D eigenvalue weighted by atomic mass is 9.85. The predicted octanol–water partition coefficient (Wildman–Crippen LogP) is 4.09. The molecular weight excluding hydrogens is 232 g/mol. The van der Waals surface area contributed by atoms with E-state index in [1.807, 2.05) is 12.3 Å². The first-order valence-electron chi connectivity index (χ1n) is 7.77. The first-order chi connectivity index (χ1) is 9.11. The van der Waals surface area contributed by atoms with Gasteiger partial charge in [0.2, 0.25) is 0 Å². The molecule has 2 rings (SSSR count). The van der Waals surface area contributed by atoms with Crippen LogP contribution in [0.1, 0.15) is 64.1 Å². The summed E-state index contributed by atoms with van der Waals surface area (Å²) in [6.45, 7) is 7.94. The minimum absolute atomic E-state index is 0.538. The zero-order chi connectivity index (χ0) is 13.7. The molecule has 1 atom stereocenters. The van der Waals surface area contributed by atoms with Gasteiger partial charge >= 0.3 is 0 Å². The smallest absolute Gasteiger partial charge is 0.0573 e. The summed E-state index contributed by atoms with van der Waals surface area (Å²) in [5.74, 6) is 0. The lowest BCUT2D eigenvalue weighted by Crippen LogP contribution is -2.29. The van der Waals surface area contributed by atoms with E-state index < -0.39 is 0 Å². The Morgan fingerprint density at radius 1 is 1.32 bits per heavy atom. The Labute approximate surface area is 118 Å². The molecule has 106 valence electrons. The van der Waals surface area contributed by atoms with Crippen LogP contribution < -0.4 is 5.32 Å². The van der Waals surface area contributed by atoms with E-state index in [4.69, 9.17) is 0 Å². The van der Waals surface area contributed by atoms with Crippen LogP contribution in [0.15, 0.2) is 18.3 Å². The standard InChI is InChI=1S/C17H28N2/c1-4-14-7-6-12-18-16(14)13-19-15-8-5-10-17(2,3)11-9-15/h6-7,12,15,19H,4-5,8-11,13H2,1-3H3. The summed E-state index contributed by atoms with van der Waals surface area (Å²) < 4.78 is 0. The van der Waals surface area contributed by atoms with E-state index in [0.29, 0.717) is 11.5 Å². The van der Waals surface area contributed by atoms with Crippen molar-refractivity contribution in [2.24, 2.45) is 5.41 Å². The number of hydrogen-bond donors (Lipinski definition) is 1. The third-order valence-electron chi connectivity index (χ3n) is 4.50. The van der Waals surface area contributed by atoms with E-state index in [1.165, 1.54) is 43.4 Å². The van der Waals surface area contributed by atoms with Crippen molar-refractivity contribution in [2.45, 2.75) is 71.9 Å². The fraction of sp³-hybridized carbons (Fsp3) is 0.706. The van der Waals surface area contributed by atoms with Crippen LogP contribution >= 0.6 is 0 Å². The zero-order valence-corrected chi connectivity index (χ0v) is 12.7. The summed E-state index contributed by atoms with van der Waals surface area (Å²) in [6, 6.07) is 4.91. The van der Waals surface area contributed by atoms with Crippen molar-refractivity contribution in [1.29, 1.82) is 0 Å². The highest BCUT2D eigenvalue weighted by atomic mass is 14.9. The maximum absolute atomic E-state index is 4.52. The lowest BCUT2D eigenvalue weighted by molar-refractivity contribution is 0.309. The molecule has 0 aromatic carbocycles. The van der Waals surface area contributed by atoms with Crippen molar-refractivity contribution >= 4 is 0 Å². The molecule has 1 aliphatic carbocycles. The summed E-state index contributed by atoms with van der Waals surface area (Å²) in [5, 5.41) is 3.73. The van der Waals surface area contributed by atoms with E-state index in [9.17, 15) is 0 Å². The number of rotatable bonds is 4. The summed E-state index contributed by atoms with van der Waals surface area (Å²) in [4.78, 5) is 4.52. The summed E-state index contributed by atoms with van der Waals surface area (Å²) in [7, 11) is 0. The number of hydrogen-bond acceptors (Lipinski definition) is 2. The number of aryl methyl sites for hydroxylation is 1. The highest BCUT2D eigenvalue weighted by Gasteiger charge is 2.24. The molecule has 1 heterocycles. The van der Waals surface area contributed by atoms with Gasteiger partial charge in [-0.2, -0.15) is 0 Å². The second-order valence-corrected chi connectivity index (χ2v) is 6.64. The van der Waals surface area contributed by atoms with Crippen molar-refractivity contribution in [3.05, 3.63) is 29.6 Å². The Kier molecular flexibility index (Phi) is 4.98. The number of nitrogens with zero attached hydrogens (tertiary/aromatic N) is 1. The van der Waals surface area contributed by atoms with Gasteiger partial charge in [-0.1, -0.05) is 33.3 Å². The van der Waals surface area contributed by atoms with Gasteiger partial charge in [-0.05, 0) is 49.1 Å². The van der Waals surface area contributed by atoms with Crippen LogP contribution in [0.4, 0.5) is 0 Å². The molecule has 0 bridgehead atoms. The highest BCUT2D eigenvalue weighted by molar-refractivity contribution is 5.19. The van der Waals surface area contributed by atoms with E-state index in [-0.39, 0.29) is 0 Å². The van der Waals surface area contributed by atoms with Crippen molar-refractivity contribution in [3.8, 4) is 0 Å². The number of aromatic nitrogens is 1. The van der Waals surface area contributed by atoms with Crippen LogP contribution in [0.2, 0.25) is 0 Å². The van der Waals surface area contributed by atoms with Crippen LogP contribution in [-0.4, -0.2) is 11.0 Å². The van der Waals surface area contributed by atoms with E-state index >= 15 is 0 Å². The van der Waals surface area contributed by atoms with Crippen molar-refractivity contribution in [2.75, 3.05) is 0 Å². The minimum Gasteiger partial charge on any atom is -0.308 e. The first-order valence-corrected chi connectivity index (χ1v) is 7.77. The van der Waals surface area contributed by atoms with Gasteiger partial charge in [0.1, 0.15) is 0 Å². The molecule has 1 unspecified atom stereocenters. The molecule has 1 aliphatic rings. The Balaban J connectivity index is 1.88. The molecule has 2 heteroatoms. The van der Waals surface area contributed by atoms with Gasteiger partial charge in [-0.15, -0.1) is 0 Å². The Hall–Kier alpha value is -0.890. The molecule has 19 heavy (non-hydrogen) atoms. The van der Waals surface area contributed by atoms with E-state index in [1.54, 1.807) is 0 Å². The van der Waals surface area contributed by atoms with Crippen LogP contribution in [0.25, 0.3) is 0 Å². The summed E-state index contributed by atoms with van der Waals surface area (Å²) in [6.07, 6.45) is 9.67. The third-order valence-corrected chi connectivity index (χ3v) is 4.50. The molecule has 0 saturated heterocycles. The second kappa shape index (κ2) is 6.51. The molecule has 1 aromatic rings. The van der Waals surface area contributed by atoms with Gasteiger partial charge in [0, 0.05) is 18.8 Å². The first kappa shape index (κ1) is 14.5. The highest BCUT2D eigenvalue weighted by Crippen LogP contribution is 2.33.